The molecule has 122 valence electrons. The largest absolute Gasteiger partial charge is 0.461 e. The quantitative estimate of drug-likeness (QED) is 0.657. The summed E-state index contributed by atoms with van der Waals surface area (Å²) in [6.07, 6.45) is 4.00. The smallest absolute Gasteiger partial charge is 0.356 e. The molecule has 1 heterocycles. The Hall–Kier alpha value is -1.91. The van der Waals surface area contributed by atoms with Crippen LogP contribution in [0.25, 0.3) is 0 Å². The van der Waals surface area contributed by atoms with Crippen LogP contribution in [0.5, 0.6) is 0 Å². The van der Waals surface area contributed by atoms with E-state index in [0.29, 0.717) is 5.69 Å². The van der Waals surface area contributed by atoms with E-state index in [4.69, 9.17) is 4.74 Å². The molecule has 5 nitrogen and oxygen atoms in total. The van der Waals surface area contributed by atoms with Crippen molar-refractivity contribution in [3.8, 4) is 0 Å². The standard InChI is InChI=1S/C17H26N2O3/c1-4-7-12-19(13-8-5-2)16(20)14-10-9-11-15(18-14)17(21)22-6-3/h9-11H,4-8,12-13H2,1-3H3. The molecule has 0 radical (unpaired) electrons. The van der Waals surface area contributed by atoms with Crippen LogP contribution in [0.3, 0.4) is 0 Å². The molecule has 1 amide bonds. The minimum Gasteiger partial charge on any atom is -0.461 e. The maximum atomic E-state index is 12.6. The van der Waals surface area contributed by atoms with Crippen molar-refractivity contribution in [3.63, 3.8) is 0 Å². The van der Waals surface area contributed by atoms with E-state index >= 15 is 0 Å². The molecule has 0 aliphatic heterocycles. The van der Waals surface area contributed by atoms with Crippen LogP contribution in [0.15, 0.2) is 18.2 Å². The molecule has 0 unspecified atom stereocenters. The van der Waals surface area contributed by atoms with Crippen LogP contribution in [-0.2, 0) is 4.74 Å². The van der Waals surface area contributed by atoms with Crippen LogP contribution in [-0.4, -0.2) is 41.5 Å². The molecule has 0 saturated heterocycles. The number of amides is 1. The molecule has 0 fully saturated rings. The van der Waals surface area contributed by atoms with Gasteiger partial charge in [-0.05, 0) is 31.9 Å². The second-order valence-corrected chi connectivity index (χ2v) is 5.13. The third-order valence-electron chi connectivity index (χ3n) is 3.30. The highest BCUT2D eigenvalue weighted by Gasteiger charge is 2.18. The van der Waals surface area contributed by atoms with Crippen molar-refractivity contribution in [2.75, 3.05) is 19.7 Å². The summed E-state index contributed by atoms with van der Waals surface area (Å²) >= 11 is 0. The summed E-state index contributed by atoms with van der Waals surface area (Å²) in [5.41, 5.74) is 0.483. The van der Waals surface area contributed by atoms with Gasteiger partial charge in [0, 0.05) is 13.1 Å². The number of hydrogen-bond acceptors (Lipinski definition) is 4. The third-order valence-corrected chi connectivity index (χ3v) is 3.30. The number of hydrogen-bond donors (Lipinski definition) is 0. The number of nitrogens with zero attached hydrogens (tertiary/aromatic N) is 2. The topological polar surface area (TPSA) is 59.5 Å². The van der Waals surface area contributed by atoms with Crippen LogP contribution in [0.2, 0.25) is 0 Å². The fourth-order valence-corrected chi connectivity index (χ4v) is 2.05. The van der Waals surface area contributed by atoms with Crippen molar-refractivity contribution in [2.24, 2.45) is 0 Å². The molecule has 22 heavy (non-hydrogen) atoms. The van der Waals surface area contributed by atoms with Crippen molar-refractivity contribution in [1.29, 1.82) is 0 Å². The van der Waals surface area contributed by atoms with Gasteiger partial charge < -0.3 is 9.64 Å². The Morgan fingerprint density at radius 1 is 1.05 bits per heavy atom. The van der Waals surface area contributed by atoms with E-state index in [-0.39, 0.29) is 18.2 Å². The van der Waals surface area contributed by atoms with Gasteiger partial charge in [0.2, 0.25) is 0 Å². The molecule has 1 aromatic rings. The van der Waals surface area contributed by atoms with Crippen LogP contribution in [0.4, 0.5) is 0 Å². The normalized spacial score (nSPS) is 10.3. The molecular weight excluding hydrogens is 280 g/mol. The minimum absolute atomic E-state index is 0.118. The second-order valence-electron chi connectivity index (χ2n) is 5.13. The minimum atomic E-state index is -0.495. The van der Waals surface area contributed by atoms with Crippen LogP contribution in [0.1, 0.15) is 67.4 Å². The first kappa shape index (κ1) is 18.1. The number of carbonyl (C=O) groups is 2. The van der Waals surface area contributed by atoms with Crippen LogP contribution < -0.4 is 0 Å². The van der Waals surface area contributed by atoms with Gasteiger partial charge in [-0.3, -0.25) is 4.79 Å². The molecule has 0 aliphatic carbocycles. The van der Waals surface area contributed by atoms with Gasteiger partial charge in [-0.15, -0.1) is 0 Å². The van der Waals surface area contributed by atoms with Gasteiger partial charge in [0.15, 0.2) is 0 Å². The number of pyridine rings is 1. The Morgan fingerprint density at radius 2 is 1.64 bits per heavy atom. The summed E-state index contributed by atoms with van der Waals surface area (Å²) in [6, 6.07) is 4.89. The zero-order valence-corrected chi connectivity index (χ0v) is 13.8. The Kier molecular flexibility index (Phi) is 8.18. The lowest BCUT2D eigenvalue weighted by Crippen LogP contribution is -2.33. The molecule has 1 rings (SSSR count). The monoisotopic (exact) mass is 306 g/mol. The fraction of sp³-hybridized carbons (Fsp3) is 0.588. The zero-order valence-electron chi connectivity index (χ0n) is 13.8. The fourth-order valence-electron chi connectivity index (χ4n) is 2.05. The lowest BCUT2D eigenvalue weighted by molar-refractivity contribution is 0.0519. The van der Waals surface area contributed by atoms with Gasteiger partial charge in [-0.1, -0.05) is 32.8 Å². The van der Waals surface area contributed by atoms with Crippen LogP contribution in [0, 0.1) is 0 Å². The first-order valence-corrected chi connectivity index (χ1v) is 8.07. The van der Waals surface area contributed by atoms with E-state index in [1.165, 1.54) is 0 Å². The number of esters is 1. The molecule has 0 aromatic carbocycles. The van der Waals surface area contributed by atoms with Gasteiger partial charge >= 0.3 is 5.97 Å². The van der Waals surface area contributed by atoms with Crippen molar-refractivity contribution in [1.82, 2.24) is 9.88 Å². The number of rotatable bonds is 9. The Balaban J connectivity index is 2.87. The van der Waals surface area contributed by atoms with E-state index in [0.717, 1.165) is 38.8 Å². The molecule has 0 atom stereocenters. The van der Waals surface area contributed by atoms with Crippen molar-refractivity contribution in [3.05, 3.63) is 29.6 Å². The van der Waals surface area contributed by atoms with Gasteiger partial charge in [0.05, 0.1) is 6.61 Å². The number of carbonyl (C=O) groups excluding carboxylic acids is 2. The molecular formula is C17H26N2O3. The van der Waals surface area contributed by atoms with E-state index in [2.05, 4.69) is 18.8 Å². The predicted molar refractivity (Wildman–Crippen MR) is 85.9 cm³/mol. The van der Waals surface area contributed by atoms with E-state index < -0.39 is 5.97 Å². The molecule has 1 aromatic heterocycles. The second kappa shape index (κ2) is 9.92. The van der Waals surface area contributed by atoms with Crippen LogP contribution >= 0.6 is 0 Å². The summed E-state index contributed by atoms with van der Waals surface area (Å²) in [5, 5.41) is 0. The summed E-state index contributed by atoms with van der Waals surface area (Å²) in [4.78, 5) is 30.3. The van der Waals surface area contributed by atoms with Crippen molar-refractivity contribution < 1.29 is 14.3 Å². The summed E-state index contributed by atoms with van der Waals surface area (Å²) in [6.45, 7) is 7.67. The Bertz CT molecular complexity index is 481. The van der Waals surface area contributed by atoms with Gasteiger partial charge in [-0.2, -0.15) is 0 Å². The average Bonchev–Trinajstić information content (AvgIpc) is 2.55. The molecule has 0 N–H and O–H groups in total. The van der Waals surface area contributed by atoms with Gasteiger partial charge in [0.1, 0.15) is 11.4 Å². The van der Waals surface area contributed by atoms with E-state index in [9.17, 15) is 9.59 Å². The average molecular weight is 306 g/mol. The predicted octanol–water partition coefficient (Wildman–Crippen LogP) is 3.30. The van der Waals surface area contributed by atoms with Crippen molar-refractivity contribution in [2.45, 2.75) is 46.5 Å². The van der Waals surface area contributed by atoms with Gasteiger partial charge in [-0.25, -0.2) is 9.78 Å². The summed E-state index contributed by atoms with van der Waals surface area (Å²) in [5.74, 6) is -0.612. The number of unbranched alkanes of at least 4 members (excludes halogenated alkanes) is 2. The maximum absolute atomic E-state index is 12.6. The highest BCUT2D eigenvalue weighted by molar-refractivity contribution is 5.94. The number of ether oxygens (including phenoxy) is 1. The van der Waals surface area contributed by atoms with E-state index in [1.807, 2.05) is 4.90 Å². The molecule has 0 bridgehead atoms. The summed E-state index contributed by atoms with van der Waals surface area (Å²) < 4.78 is 4.93. The highest BCUT2D eigenvalue weighted by Crippen LogP contribution is 2.08. The van der Waals surface area contributed by atoms with Gasteiger partial charge in [0.25, 0.3) is 5.91 Å². The summed E-state index contributed by atoms with van der Waals surface area (Å²) in [7, 11) is 0. The highest BCUT2D eigenvalue weighted by atomic mass is 16.5. The first-order chi connectivity index (χ1) is 10.6. The molecule has 0 saturated carbocycles. The maximum Gasteiger partial charge on any atom is 0.356 e. The molecule has 0 spiro atoms. The lowest BCUT2D eigenvalue weighted by Gasteiger charge is -2.22. The third kappa shape index (κ3) is 5.47. The number of aromatic nitrogens is 1. The SMILES string of the molecule is CCCCN(CCCC)C(=O)c1cccc(C(=O)OCC)n1. The Labute approximate surface area is 132 Å². The van der Waals surface area contributed by atoms with Crippen molar-refractivity contribution >= 4 is 11.9 Å². The zero-order chi connectivity index (χ0) is 16.4. The molecule has 0 aliphatic rings. The first-order valence-electron chi connectivity index (χ1n) is 8.07. The molecule has 5 heteroatoms. The lowest BCUT2D eigenvalue weighted by atomic mass is 10.2. The Morgan fingerprint density at radius 3 is 2.18 bits per heavy atom. The van der Waals surface area contributed by atoms with E-state index in [1.54, 1.807) is 25.1 Å².